The number of nitrogens with one attached hydrogen (secondary N) is 1. The fraction of sp³-hybridized carbons (Fsp3) is 0.476. The van der Waals surface area contributed by atoms with Crippen molar-refractivity contribution in [3.8, 4) is 0 Å². The summed E-state index contributed by atoms with van der Waals surface area (Å²) < 4.78 is 1.40. The number of amides is 2. The number of hydrogen-bond acceptors (Lipinski definition) is 3. The number of hydrogen-bond donors (Lipinski definition) is 1. The highest BCUT2D eigenvalue weighted by Crippen LogP contribution is 2.21. The van der Waals surface area contributed by atoms with E-state index in [-0.39, 0.29) is 30.3 Å². The van der Waals surface area contributed by atoms with Gasteiger partial charge in [0, 0.05) is 37.6 Å². The van der Waals surface area contributed by atoms with Gasteiger partial charge < -0.3 is 14.8 Å². The van der Waals surface area contributed by atoms with Gasteiger partial charge in [-0.3, -0.25) is 14.4 Å². The van der Waals surface area contributed by atoms with Gasteiger partial charge in [0.15, 0.2) is 0 Å². The van der Waals surface area contributed by atoms with Gasteiger partial charge in [0.2, 0.25) is 11.8 Å². The maximum atomic E-state index is 12.4. The molecule has 3 rings (SSSR count). The number of pyridine rings is 1. The van der Waals surface area contributed by atoms with Crippen LogP contribution in [-0.2, 0) is 16.1 Å². The smallest absolute Gasteiger partial charge is 0.258 e. The molecule has 0 unspecified atom stereocenters. The normalized spacial score (nSPS) is 19.9. The van der Waals surface area contributed by atoms with E-state index in [4.69, 9.17) is 0 Å². The van der Waals surface area contributed by atoms with Crippen LogP contribution in [0.1, 0.15) is 26.7 Å². The molecule has 1 saturated heterocycles. The summed E-state index contributed by atoms with van der Waals surface area (Å²) in [5.41, 5.74) is -0.185. The molecular formula is C21H27N3O3. The molecule has 1 aromatic carbocycles. The van der Waals surface area contributed by atoms with Crippen molar-refractivity contribution in [2.45, 2.75) is 33.2 Å². The minimum atomic E-state index is -0.263. The van der Waals surface area contributed by atoms with Crippen LogP contribution < -0.4 is 10.9 Å². The first kappa shape index (κ1) is 19.1. The van der Waals surface area contributed by atoms with Crippen LogP contribution >= 0.6 is 0 Å². The molecule has 1 aliphatic heterocycles. The van der Waals surface area contributed by atoms with Crippen LogP contribution in [0, 0.1) is 11.8 Å². The molecule has 1 aliphatic rings. The van der Waals surface area contributed by atoms with Crippen LogP contribution in [0.2, 0.25) is 0 Å². The van der Waals surface area contributed by atoms with Crippen molar-refractivity contribution < 1.29 is 9.59 Å². The molecule has 0 radical (unpaired) electrons. The first-order valence-electron chi connectivity index (χ1n) is 9.56. The Morgan fingerprint density at radius 3 is 2.56 bits per heavy atom. The van der Waals surface area contributed by atoms with Gasteiger partial charge >= 0.3 is 0 Å². The van der Waals surface area contributed by atoms with Crippen molar-refractivity contribution in [1.29, 1.82) is 0 Å². The topological polar surface area (TPSA) is 71.4 Å². The van der Waals surface area contributed by atoms with Crippen LogP contribution in [-0.4, -0.2) is 40.9 Å². The van der Waals surface area contributed by atoms with E-state index in [1.807, 2.05) is 29.2 Å². The summed E-state index contributed by atoms with van der Waals surface area (Å²) in [6.45, 7) is 6.17. The van der Waals surface area contributed by atoms with Gasteiger partial charge in [-0.05, 0) is 35.8 Å². The zero-order valence-electron chi connectivity index (χ0n) is 16.0. The molecule has 0 bridgehead atoms. The number of nitrogens with zero attached hydrogens (tertiary/aromatic N) is 2. The van der Waals surface area contributed by atoms with Gasteiger partial charge in [0.25, 0.3) is 5.56 Å². The quantitative estimate of drug-likeness (QED) is 0.876. The fourth-order valence-corrected chi connectivity index (χ4v) is 3.90. The molecule has 2 atom stereocenters. The first-order valence-corrected chi connectivity index (χ1v) is 9.56. The largest absolute Gasteiger partial charge is 0.354 e. The van der Waals surface area contributed by atoms with Crippen molar-refractivity contribution in [2.75, 3.05) is 19.6 Å². The third kappa shape index (κ3) is 4.76. The molecule has 0 spiro atoms. The van der Waals surface area contributed by atoms with Crippen molar-refractivity contribution in [3.05, 3.63) is 46.9 Å². The third-order valence-corrected chi connectivity index (χ3v) is 5.08. The molecule has 1 aromatic heterocycles. The van der Waals surface area contributed by atoms with Crippen molar-refractivity contribution in [3.63, 3.8) is 0 Å². The molecule has 2 aromatic rings. The van der Waals surface area contributed by atoms with Gasteiger partial charge in [-0.25, -0.2) is 0 Å². The molecule has 0 aliphatic carbocycles. The van der Waals surface area contributed by atoms with E-state index < -0.39 is 0 Å². The van der Waals surface area contributed by atoms with E-state index in [0.29, 0.717) is 23.8 Å². The maximum absolute atomic E-state index is 12.4. The summed E-state index contributed by atoms with van der Waals surface area (Å²) in [6.07, 6.45) is 3.07. The number of fused-ring (bicyclic) bond motifs is 1. The highest BCUT2D eigenvalue weighted by atomic mass is 16.2. The molecule has 0 saturated carbocycles. The number of benzene rings is 1. The lowest BCUT2D eigenvalue weighted by atomic mass is 9.92. The monoisotopic (exact) mass is 369 g/mol. The van der Waals surface area contributed by atoms with Gasteiger partial charge in [-0.15, -0.1) is 0 Å². The lowest BCUT2D eigenvalue weighted by molar-refractivity contribution is -0.133. The molecular weight excluding hydrogens is 342 g/mol. The Bertz CT molecular complexity index is 880. The average molecular weight is 369 g/mol. The predicted octanol–water partition coefficient (Wildman–Crippen LogP) is 2.01. The molecule has 2 heterocycles. The Labute approximate surface area is 159 Å². The molecule has 144 valence electrons. The zero-order chi connectivity index (χ0) is 19.4. The van der Waals surface area contributed by atoms with E-state index in [2.05, 4.69) is 19.2 Å². The Balaban J connectivity index is 1.51. The molecule has 27 heavy (non-hydrogen) atoms. The summed E-state index contributed by atoms with van der Waals surface area (Å²) in [6, 6.07) is 9.13. The molecule has 1 fully saturated rings. The second-order valence-corrected chi connectivity index (χ2v) is 7.68. The second kappa shape index (κ2) is 8.37. The van der Waals surface area contributed by atoms with Gasteiger partial charge in [-0.2, -0.15) is 0 Å². The Hall–Kier alpha value is -2.63. The van der Waals surface area contributed by atoms with Crippen molar-refractivity contribution in [1.82, 2.24) is 14.8 Å². The Morgan fingerprint density at radius 2 is 1.81 bits per heavy atom. The molecule has 2 amide bonds. The molecule has 1 N–H and O–H groups in total. The van der Waals surface area contributed by atoms with Crippen molar-refractivity contribution in [2.24, 2.45) is 11.8 Å². The highest BCUT2D eigenvalue weighted by molar-refractivity contribution is 5.82. The SMILES string of the molecule is C[C@@H]1C[C@@H](C)CN(C(=O)CCNC(=O)Cn2ccc3ccccc3c2=O)C1. The summed E-state index contributed by atoms with van der Waals surface area (Å²) in [5.74, 6) is 0.858. The minimum Gasteiger partial charge on any atom is -0.354 e. The van der Waals surface area contributed by atoms with Crippen LogP contribution in [0.3, 0.4) is 0 Å². The number of carbonyl (C=O) groups is 2. The maximum Gasteiger partial charge on any atom is 0.258 e. The molecule has 6 nitrogen and oxygen atoms in total. The van der Waals surface area contributed by atoms with Gasteiger partial charge in [0.05, 0.1) is 0 Å². The summed E-state index contributed by atoms with van der Waals surface area (Å²) in [5, 5.41) is 4.20. The lowest BCUT2D eigenvalue weighted by Crippen LogP contribution is -2.43. The van der Waals surface area contributed by atoms with Crippen molar-refractivity contribution >= 4 is 22.6 Å². The van der Waals surface area contributed by atoms with E-state index in [1.165, 1.54) is 4.57 Å². The first-order chi connectivity index (χ1) is 12.9. The number of rotatable bonds is 5. The Kier molecular flexibility index (Phi) is 5.94. The van der Waals surface area contributed by atoms with Crippen LogP contribution in [0.4, 0.5) is 0 Å². The van der Waals surface area contributed by atoms with E-state index in [1.54, 1.807) is 12.3 Å². The van der Waals surface area contributed by atoms with Crippen LogP contribution in [0.25, 0.3) is 10.8 Å². The van der Waals surface area contributed by atoms with Gasteiger partial charge in [0.1, 0.15) is 6.54 Å². The van der Waals surface area contributed by atoms with E-state index >= 15 is 0 Å². The van der Waals surface area contributed by atoms with Crippen LogP contribution in [0.15, 0.2) is 41.3 Å². The van der Waals surface area contributed by atoms with Gasteiger partial charge in [-0.1, -0.05) is 32.0 Å². The minimum absolute atomic E-state index is 0.0460. The molecule has 6 heteroatoms. The standard InChI is InChI=1S/C21H27N3O3/c1-15-11-16(2)13-24(12-15)20(26)7-9-22-19(25)14-23-10-8-17-5-3-4-6-18(17)21(23)27/h3-6,8,10,15-16H,7,9,11-14H2,1-2H3,(H,22,25)/t15-,16-/m1/s1. The number of aromatic nitrogens is 1. The summed E-state index contributed by atoms with van der Waals surface area (Å²) in [4.78, 5) is 38.9. The zero-order valence-corrected chi connectivity index (χ0v) is 16.0. The second-order valence-electron chi connectivity index (χ2n) is 7.68. The number of piperidine rings is 1. The fourth-order valence-electron chi connectivity index (χ4n) is 3.90. The van der Waals surface area contributed by atoms with Crippen LogP contribution in [0.5, 0.6) is 0 Å². The summed E-state index contributed by atoms with van der Waals surface area (Å²) in [7, 11) is 0. The predicted molar refractivity (Wildman–Crippen MR) is 105 cm³/mol. The van der Waals surface area contributed by atoms with E-state index in [9.17, 15) is 14.4 Å². The highest BCUT2D eigenvalue weighted by Gasteiger charge is 2.24. The number of carbonyl (C=O) groups excluding carboxylic acids is 2. The summed E-state index contributed by atoms with van der Waals surface area (Å²) >= 11 is 0. The lowest BCUT2D eigenvalue weighted by Gasteiger charge is -2.35. The third-order valence-electron chi connectivity index (χ3n) is 5.08. The average Bonchev–Trinajstić information content (AvgIpc) is 2.63. The Morgan fingerprint density at radius 1 is 1.11 bits per heavy atom. The van der Waals surface area contributed by atoms with E-state index in [0.717, 1.165) is 24.9 Å². The number of likely N-dealkylation sites (tertiary alicyclic amines) is 1.